The van der Waals surface area contributed by atoms with Crippen LogP contribution in [0.1, 0.15) is 33.6 Å². The van der Waals surface area contributed by atoms with Crippen molar-refractivity contribution in [3.63, 3.8) is 0 Å². The Hall–Kier alpha value is -1.33. The first kappa shape index (κ1) is 15.6. The topological polar surface area (TPSA) is 55.8 Å². The van der Waals surface area contributed by atoms with Crippen LogP contribution in [0, 0.1) is 23.7 Å². The lowest BCUT2D eigenvalue weighted by molar-refractivity contribution is -0.148. The molecule has 0 radical (unpaired) electrons. The summed E-state index contributed by atoms with van der Waals surface area (Å²) in [5.41, 5.74) is -0.628. The van der Waals surface area contributed by atoms with Crippen LogP contribution in [0.3, 0.4) is 0 Å². The van der Waals surface area contributed by atoms with Crippen molar-refractivity contribution in [2.24, 2.45) is 23.7 Å². The maximum atomic E-state index is 14.1. The number of esters is 1. The van der Waals surface area contributed by atoms with Crippen molar-refractivity contribution >= 4 is 12.1 Å². The highest BCUT2D eigenvalue weighted by molar-refractivity contribution is 5.83. The van der Waals surface area contributed by atoms with Crippen molar-refractivity contribution in [2.75, 3.05) is 13.7 Å². The van der Waals surface area contributed by atoms with Gasteiger partial charge < -0.3 is 9.47 Å². The number of rotatable bonds is 1. The second kappa shape index (κ2) is 5.10. The minimum atomic E-state index is -0.864. The summed E-state index contributed by atoms with van der Waals surface area (Å²) in [5, 5.41) is 0. The third-order valence-electron chi connectivity index (χ3n) is 5.34. The minimum Gasteiger partial charge on any atom is -0.467 e. The molecule has 2 aliphatic carbocycles. The molecule has 1 heterocycles. The van der Waals surface area contributed by atoms with Crippen molar-refractivity contribution in [1.29, 1.82) is 0 Å². The van der Waals surface area contributed by atoms with Crippen LogP contribution in [0.2, 0.25) is 0 Å². The highest BCUT2D eigenvalue weighted by atomic mass is 19.1. The molecule has 0 unspecified atom stereocenters. The van der Waals surface area contributed by atoms with E-state index in [2.05, 4.69) is 0 Å². The number of hydrogen-bond acceptors (Lipinski definition) is 4. The summed E-state index contributed by atoms with van der Waals surface area (Å²) in [4.78, 5) is 26.1. The molecule has 1 aliphatic heterocycles. The van der Waals surface area contributed by atoms with Gasteiger partial charge in [-0.3, -0.25) is 4.90 Å². The largest absolute Gasteiger partial charge is 0.467 e. The van der Waals surface area contributed by atoms with Gasteiger partial charge in [0, 0.05) is 12.5 Å². The predicted molar refractivity (Wildman–Crippen MR) is 76.8 cm³/mol. The maximum Gasteiger partial charge on any atom is 0.411 e. The zero-order chi connectivity index (χ0) is 16.2. The molecule has 0 spiro atoms. The number of likely N-dealkylation sites (tertiary alicyclic amines) is 1. The first-order valence-electron chi connectivity index (χ1n) is 7.94. The Balaban J connectivity index is 1.85. The second-order valence-electron chi connectivity index (χ2n) is 7.75. The Morgan fingerprint density at radius 1 is 1.18 bits per heavy atom. The van der Waals surface area contributed by atoms with Gasteiger partial charge in [0.2, 0.25) is 0 Å². The SMILES string of the molecule is COC(=O)[C@@H]1[C@@H]2[C@H](CN1C(=O)OC(C)(C)C)[C@H]1C[C@@H]2[C@H](F)C1. The van der Waals surface area contributed by atoms with Gasteiger partial charge in [0.05, 0.1) is 7.11 Å². The molecule has 0 N–H and O–H groups in total. The average molecular weight is 313 g/mol. The van der Waals surface area contributed by atoms with E-state index in [1.165, 1.54) is 12.0 Å². The van der Waals surface area contributed by atoms with Crippen LogP contribution in [0.4, 0.5) is 9.18 Å². The van der Waals surface area contributed by atoms with Gasteiger partial charge in [-0.1, -0.05) is 0 Å². The molecule has 6 atom stereocenters. The number of fused-ring (bicyclic) bond motifs is 5. The van der Waals surface area contributed by atoms with E-state index in [0.717, 1.165) is 6.42 Å². The number of methoxy groups -OCH3 is 1. The summed E-state index contributed by atoms with van der Waals surface area (Å²) in [5.74, 6) is -0.267. The van der Waals surface area contributed by atoms with Gasteiger partial charge in [-0.05, 0) is 51.4 Å². The van der Waals surface area contributed by atoms with Crippen molar-refractivity contribution in [1.82, 2.24) is 4.90 Å². The lowest BCUT2D eigenvalue weighted by Gasteiger charge is -2.31. The van der Waals surface area contributed by atoms with Gasteiger partial charge in [0.15, 0.2) is 0 Å². The van der Waals surface area contributed by atoms with Crippen LogP contribution in [-0.4, -0.2) is 48.4 Å². The van der Waals surface area contributed by atoms with Gasteiger partial charge in [-0.25, -0.2) is 14.0 Å². The summed E-state index contributed by atoms with van der Waals surface area (Å²) in [6.07, 6.45) is 0.0118. The number of alkyl halides is 1. The monoisotopic (exact) mass is 313 g/mol. The Labute approximate surface area is 130 Å². The molecule has 22 heavy (non-hydrogen) atoms. The standard InChI is InChI=1S/C16H24FNO4/c1-16(2,3)22-15(20)18-7-10-8-5-9(11(17)6-8)12(10)13(18)14(19)21-4/h8-13H,5-7H2,1-4H3/t8-,9+,10+,11+,12-,13-/m0/s1. The molecule has 1 saturated heterocycles. The fraction of sp³-hybridized carbons (Fsp3) is 0.875. The molecule has 1 amide bonds. The quantitative estimate of drug-likeness (QED) is 0.698. The minimum absolute atomic E-state index is 0.131. The van der Waals surface area contributed by atoms with Crippen LogP contribution in [0.25, 0.3) is 0 Å². The van der Waals surface area contributed by atoms with E-state index in [1.54, 1.807) is 20.8 Å². The van der Waals surface area contributed by atoms with Crippen molar-refractivity contribution in [3.8, 4) is 0 Å². The number of carbonyl (C=O) groups is 2. The van der Waals surface area contributed by atoms with Crippen LogP contribution < -0.4 is 0 Å². The lowest BCUT2D eigenvalue weighted by atomic mass is 9.77. The highest BCUT2D eigenvalue weighted by Crippen LogP contribution is 2.58. The molecule has 5 nitrogen and oxygen atoms in total. The number of nitrogens with zero attached hydrogens (tertiary/aromatic N) is 1. The number of amides is 1. The number of ether oxygens (including phenoxy) is 2. The molecule has 3 aliphatic rings. The second-order valence-corrected chi connectivity index (χ2v) is 7.75. The Morgan fingerprint density at radius 2 is 1.86 bits per heavy atom. The fourth-order valence-electron chi connectivity index (χ4n) is 4.64. The lowest BCUT2D eigenvalue weighted by Crippen LogP contribution is -2.47. The summed E-state index contributed by atoms with van der Waals surface area (Å²) >= 11 is 0. The van der Waals surface area contributed by atoms with E-state index < -0.39 is 29.9 Å². The van der Waals surface area contributed by atoms with Crippen molar-refractivity contribution < 1.29 is 23.5 Å². The smallest absolute Gasteiger partial charge is 0.411 e. The van der Waals surface area contributed by atoms with Gasteiger partial charge in [-0.2, -0.15) is 0 Å². The van der Waals surface area contributed by atoms with Crippen LogP contribution >= 0.6 is 0 Å². The van der Waals surface area contributed by atoms with E-state index in [4.69, 9.17) is 9.47 Å². The third kappa shape index (κ3) is 2.36. The molecule has 6 heteroatoms. The Kier molecular flexibility index (Phi) is 3.61. The molecular formula is C16H24FNO4. The molecule has 124 valence electrons. The molecule has 3 fully saturated rings. The van der Waals surface area contributed by atoms with Gasteiger partial charge in [0.25, 0.3) is 0 Å². The summed E-state index contributed by atoms with van der Waals surface area (Å²) in [7, 11) is 1.31. The van der Waals surface area contributed by atoms with Crippen LogP contribution in [0.15, 0.2) is 0 Å². The van der Waals surface area contributed by atoms with Gasteiger partial charge in [-0.15, -0.1) is 0 Å². The average Bonchev–Trinajstić information content (AvgIpc) is 3.04. The Morgan fingerprint density at radius 3 is 2.45 bits per heavy atom. The first-order valence-corrected chi connectivity index (χ1v) is 7.94. The predicted octanol–water partition coefficient (Wildman–Crippen LogP) is 2.39. The van der Waals surface area contributed by atoms with Crippen LogP contribution in [0.5, 0.6) is 0 Å². The zero-order valence-electron chi connectivity index (χ0n) is 13.5. The zero-order valence-corrected chi connectivity index (χ0v) is 13.5. The molecular weight excluding hydrogens is 289 g/mol. The fourth-order valence-corrected chi connectivity index (χ4v) is 4.64. The molecule has 3 rings (SSSR count). The Bertz CT molecular complexity index is 489. The summed E-state index contributed by atoms with van der Waals surface area (Å²) < 4.78 is 24.4. The highest BCUT2D eigenvalue weighted by Gasteiger charge is 2.63. The van der Waals surface area contributed by atoms with E-state index in [-0.39, 0.29) is 23.7 Å². The molecule has 2 saturated carbocycles. The summed E-state index contributed by atoms with van der Waals surface area (Å²) in [6.45, 7) is 5.83. The van der Waals surface area contributed by atoms with E-state index >= 15 is 0 Å². The number of hydrogen-bond donors (Lipinski definition) is 0. The maximum absolute atomic E-state index is 14.1. The summed E-state index contributed by atoms with van der Waals surface area (Å²) in [6, 6.07) is -0.710. The normalized spacial score (nSPS) is 39.8. The number of halogens is 1. The van der Waals surface area contributed by atoms with Crippen molar-refractivity contribution in [2.45, 2.75) is 51.4 Å². The molecule has 0 aromatic carbocycles. The molecule has 2 bridgehead atoms. The van der Waals surface area contributed by atoms with Crippen molar-refractivity contribution in [3.05, 3.63) is 0 Å². The van der Waals surface area contributed by atoms with E-state index in [1.807, 2.05) is 0 Å². The molecule has 0 aromatic rings. The van der Waals surface area contributed by atoms with Gasteiger partial charge in [0.1, 0.15) is 17.8 Å². The van der Waals surface area contributed by atoms with E-state index in [0.29, 0.717) is 13.0 Å². The van der Waals surface area contributed by atoms with Crippen LogP contribution in [-0.2, 0) is 14.3 Å². The third-order valence-corrected chi connectivity index (χ3v) is 5.34. The van der Waals surface area contributed by atoms with Gasteiger partial charge >= 0.3 is 12.1 Å². The van der Waals surface area contributed by atoms with E-state index in [9.17, 15) is 14.0 Å². The first-order chi connectivity index (χ1) is 10.2. The molecule has 0 aromatic heterocycles. The number of carbonyl (C=O) groups excluding carboxylic acids is 2.